The number of anilines is 2. The Balaban J connectivity index is 1.66. The van der Waals surface area contributed by atoms with E-state index in [2.05, 4.69) is 10.6 Å². The molecule has 1 aliphatic rings. The molecule has 28 heavy (non-hydrogen) atoms. The fourth-order valence-electron chi connectivity index (χ4n) is 3.36. The molecule has 0 bridgehead atoms. The predicted octanol–water partition coefficient (Wildman–Crippen LogP) is 3.82. The van der Waals surface area contributed by atoms with Crippen LogP contribution in [0.1, 0.15) is 26.3 Å². The first-order valence-electron chi connectivity index (χ1n) is 9.69. The van der Waals surface area contributed by atoms with Crippen molar-refractivity contribution in [1.29, 1.82) is 0 Å². The zero-order valence-corrected chi connectivity index (χ0v) is 16.6. The van der Waals surface area contributed by atoms with E-state index >= 15 is 0 Å². The summed E-state index contributed by atoms with van der Waals surface area (Å²) >= 11 is 0. The molecular formula is C22H27N3O3. The van der Waals surface area contributed by atoms with Gasteiger partial charge in [0.05, 0.1) is 6.61 Å². The van der Waals surface area contributed by atoms with Crippen molar-refractivity contribution in [3.8, 4) is 5.75 Å². The van der Waals surface area contributed by atoms with E-state index < -0.39 is 12.1 Å². The summed E-state index contributed by atoms with van der Waals surface area (Å²) in [6.45, 7) is 7.01. The third-order valence-corrected chi connectivity index (χ3v) is 4.80. The van der Waals surface area contributed by atoms with E-state index in [1.807, 2.05) is 45.0 Å². The van der Waals surface area contributed by atoms with Crippen LogP contribution in [0.3, 0.4) is 0 Å². The smallest absolute Gasteiger partial charge is 0.319 e. The summed E-state index contributed by atoms with van der Waals surface area (Å²) in [5.41, 5.74) is 2.74. The Morgan fingerprint density at radius 1 is 1.11 bits per heavy atom. The van der Waals surface area contributed by atoms with Crippen molar-refractivity contribution in [3.05, 3.63) is 54.1 Å². The van der Waals surface area contributed by atoms with Gasteiger partial charge < -0.3 is 20.3 Å². The quantitative estimate of drug-likeness (QED) is 0.799. The van der Waals surface area contributed by atoms with Crippen LogP contribution in [0.25, 0.3) is 0 Å². The molecule has 0 unspecified atom stereocenters. The van der Waals surface area contributed by atoms with Crippen LogP contribution in [0.5, 0.6) is 5.75 Å². The van der Waals surface area contributed by atoms with Crippen LogP contribution < -0.4 is 20.3 Å². The maximum atomic E-state index is 13.1. The van der Waals surface area contributed by atoms with Gasteiger partial charge in [0.2, 0.25) is 5.91 Å². The number of ether oxygens (including phenoxy) is 1. The van der Waals surface area contributed by atoms with Gasteiger partial charge in [-0.1, -0.05) is 32.0 Å². The largest absolute Gasteiger partial charge is 0.494 e. The Morgan fingerprint density at radius 3 is 2.50 bits per heavy atom. The maximum absolute atomic E-state index is 13.1. The Labute approximate surface area is 165 Å². The van der Waals surface area contributed by atoms with E-state index in [4.69, 9.17) is 4.74 Å². The number of carbonyl (C=O) groups excluding carboxylic acids is 2. The zero-order chi connectivity index (χ0) is 20.1. The summed E-state index contributed by atoms with van der Waals surface area (Å²) in [6, 6.07) is 14.0. The molecule has 0 spiro atoms. The Bertz CT molecular complexity index is 833. The molecule has 2 aromatic carbocycles. The molecule has 0 saturated heterocycles. The van der Waals surface area contributed by atoms with Gasteiger partial charge in [-0.2, -0.15) is 0 Å². The second-order valence-electron chi connectivity index (χ2n) is 7.15. The number of nitrogens with zero attached hydrogens (tertiary/aromatic N) is 1. The van der Waals surface area contributed by atoms with Gasteiger partial charge in [0.15, 0.2) is 0 Å². The lowest BCUT2D eigenvalue weighted by molar-refractivity contribution is -0.121. The summed E-state index contributed by atoms with van der Waals surface area (Å²) in [5, 5.41) is 5.62. The highest BCUT2D eigenvalue weighted by Gasteiger charge is 2.32. The molecule has 1 heterocycles. The molecule has 0 aromatic heterocycles. The predicted molar refractivity (Wildman–Crippen MR) is 111 cm³/mol. The molecule has 0 aliphatic carbocycles. The third kappa shape index (κ3) is 4.44. The lowest BCUT2D eigenvalue weighted by Gasteiger charge is -2.27. The molecule has 3 amide bonds. The highest BCUT2D eigenvalue weighted by molar-refractivity contribution is 6.02. The highest BCUT2D eigenvalue weighted by Crippen LogP contribution is 2.28. The number of nitrogens with one attached hydrogen (secondary N) is 2. The standard InChI is InChI=1S/C22H27N3O3/c1-4-28-18-11-9-17(10-12-18)23-22(27)24-20(15(2)3)21(26)25-14-13-16-7-5-6-8-19(16)25/h5-12,15,20H,4,13-14H2,1-3H3,(H2,23,24,27)/t20-/m1/s1. The van der Waals surface area contributed by atoms with Crippen LogP contribution in [0, 0.1) is 5.92 Å². The number of carbonyl (C=O) groups is 2. The summed E-state index contributed by atoms with van der Waals surface area (Å²) in [4.78, 5) is 27.4. The van der Waals surface area contributed by atoms with Crippen LogP contribution in [-0.4, -0.2) is 31.1 Å². The van der Waals surface area contributed by atoms with E-state index in [0.717, 1.165) is 23.4 Å². The van der Waals surface area contributed by atoms with Gasteiger partial charge in [0.25, 0.3) is 0 Å². The molecule has 148 valence electrons. The number of hydrogen-bond acceptors (Lipinski definition) is 3. The van der Waals surface area contributed by atoms with Crippen molar-refractivity contribution in [2.45, 2.75) is 33.2 Å². The van der Waals surface area contributed by atoms with Crippen molar-refractivity contribution in [3.63, 3.8) is 0 Å². The second-order valence-corrected chi connectivity index (χ2v) is 7.15. The monoisotopic (exact) mass is 381 g/mol. The van der Waals surface area contributed by atoms with Gasteiger partial charge in [0.1, 0.15) is 11.8 Å². The number of fused-ring (bicyclic) bond motifs is 1. The molecule has 1 aliphatic heterocycles. The van der Waals surface area contributed by atoms with Gasteiger partial charge in [-0.25, -0.2) is 4.79 Å². The van der Waals surface area contributed by atoms with E-state index in [1.165, 1.54) is 0 Å². The SMILES string of the molecule is CCOc1ccc(NC(=O)N[C@@H](C(=O)N2CCc3ccccc32)C(C)C)cc1. The van der Waals surface area contributed by atoms with Crippen molar-refractivity contribution in [1.82, 2.24) is 5.32 Å². The second kappa shape index (κ2) is 8.78. The van der Waals surface area contributed by atoms with E-state index in [0.29, 0.717) is 18.8 Å². The van der Waals surface area contributed by atoms with Gasteiger partial charge in [-0.3, -0.25) is 4.79 Å². The Hall–Kier alpha value is -3.02. The zero-order valence-electron chi connectivity index (χ0n) is 16.6. The normalized spacial score (nSPS) is 13.8. The Kier molecular flexibility index (Phi) is 6.19. The lowest BCUT2D eigenvalue weighted by atomic mass is 10.0. The highest BCUT2D eigenvalue weighted by atomic mass is 16.5. The summed E-state index contributed by atoms with van der Waals surface area (Å²) in [6.07, 6.45) is 0.838. The van der Waals surface area contributed by atoms with Crippen molar-refractivity contribution in [2.75, 3.05) is 23.4 Å². The van der Waals surface area contributed by atoms with Crippen molar-refractivity contribution >= 4 is 23.3 Å². The molecule has 0 fully saturated rings. The molecule has 1 atom stereocenters. The molecule has 2 aromatic rings. The van der Waals surface area contributed by atoms with Crippen molar-refractivity contribution in [2.24, 2.45) is 5.92 Å². The van der Waals surface area contributed by atoms with Crippen molar-refractivity contribution < 1.29 is 14.3 Å². The minimum Gasteiger partial charge on any atom is -0.494 e. The maximum Gasteiger partial charge on any atom is 0.319 e. The van der Waals surface area contributed by atoms with Crippen LogP contribution >= 0.6 is 0 Å². The minimum atomic E-state index is -0.603. The van der Waals surface area contributed by atoms with Crippen LogP contribution in [-0.2, 0) is 11.2 Å². The van der Waals surface area contributed by atoms with E-state index in [-0.39, 0.29) is 11.8 Å². The summed E-state index contributed by atoms with van der Waals surface area (Å²) in [5.74, 6) is 0.629. The third-order valence-electron chi connectivity index (χ3n) is 4.80. The number of rotatable bonds is 6. The molecule has 6 heteroatoms. The van der Waals surface area contributed by atoms with E-state index in [1.54, 1.807) is 29.2 Å². The number of hydrogen-bond donors (Lipinski definition) is 2. The summed E-state index contributed by atoms with van der Waals surface area (Å²) in [7, 11) is 0. The molecule has 3 rings (SSSR count). The number of benzene rings is 2. The van der Waals surface area contributed by atoms with Gasteiger partial charge in [0, 0.05) is 17.9 Å². The van der Waals surface area contributed by atoms with Gasteiger partial charge in [-0.05, 0) is 55.2 Å². The van der Waals surface area contributed by atoms with Crippen LogP contribution in [0.4, 0.5) is 16.2 Å². The summed E-state index contributed by atoms with van der Waals surface area (Å²) < 4.78 is 5.40. The lowest BCUT2D eigenvalue weighted by Crippen LogP contribution is -2.52. The fourth-order valence-corrected chi connectivity index (χ4v) is 3.36. The fraction of sp³-hybridized carbons (Fsp3) is 0.364. The molecule has 0 saturated carbocycles. The number of urea groups is 1. The first-order valence-corrected chi connectivity index (χ1v) is 9.69. The number of para-hydroxylation sites is 1. The van der Waals surface area contributed by atoms with Gasteiger partial charge >= 0.3 is 6.03 Å². The first kappa shape index (κ1) is 19.7. The minimum absolute atomic E-state index is 0.0358. The number of amides is 3. The average molecular weight is 381 g/mol. The van der Waals surface area contributed by atoms with E-state index in [9.17, 15) is 9.59 Å². The topological polar surface area (TPSA) is 70.7 Å². The van der Waals surface area contributed by atoms with Crippen LogP contribution in [0.15, 0.2) is 48.5 Å². The first-order chi connectivity index (χ1) is 13.5. The molecular weight excluding hydrogens is 354 g/mol. The molecule has 6 nitrogen and oxygen atoms in total. The average Bonchev–Trinajstić information content (AvgIpc) is 3.11. The molecule has 2 N–H and O–H groups in total. The van der Waals surface area contributed by atoms with Gasteiger partial charge in [-0.15, -0.1) is 0 Å². The molecule has 0 radical (unpaired) electrons. The Morgan fingerprint density at radius 2 is 1.82 bits per heavy atom. The van der Waals surface area contributed by atoms with Crippen LogP contribution in [0.2, 0.25) is 0 Å².